The molecule has 1 unspecified atom stereocenters. The second-order valence-electron chi connectivity index (χ2n) is 5.07. The normalized spacial score (nSPS) is 12.1. The number of ether oxygens (including phenoxy) is 3. The van der Waals surface area contributed by atoms with Gasteiger partial charge in [0.25, 0.3) is 0 Å². The van der Waals surface area contributed by atoms with Crippen molar-refractivity contribution in [2.24, 2.45) is 4.99 Å². The summed E-state index contributed by atoms with van der Waals surface area (Å²) in [5.74, 6) is 2.25. The van der Waals surface area contributed by atoms with E-state index in [-0.39, 0.29) is 30.1 Å². The zero-order valence-corrected chi connectivity index (χ0v) is 17.3. The highest BCUT2D eigenvalue weighted by atomic mass is 127. The minimum Gasteiger partial charge on any atom is -0.493 e. The Morgan fingerprint density at radius 1 is 1.17 bits per heavy atom. The van der Waals surface area contributed by atoms with Crippen LogP contribution in [0.2, 0.25) is 0 Å². The van der Waals surface area contributed by atoms with Crippen molar-refractivity contribution in [2.75, 3.05) is 40.5 Å². The molecule has 0 bridgehead atoms. The van der Waals surface area contributed by atoms with E-state index in [9.17, 15) is 0 Å². The third-order valence-electron chi connectivity index (χ3n) is 3.07. The number of hydrogen-bond acceptors (Lipinski definition) is 4. The van der Waals surface area contributed by atoms with E-state index < -0.39 is 0 Å². The third kappa shape index (κ3) is 9.17. The number of nitrogens with zero attached hydrogens (tertiary/aromatic N) is 1. The first kappa shape index (κ1) is 22.8. The van der Waals surface area contributed by atoms with Gasteiger partial charge in [-0.1, -0.05) is 12.1 Å². The van der Waals surface area contributed by atoms with Gasteiger partial charge in [-0.2, -0.15) is 0 Å². The Morgan fingerprint density at radius 3 is 2.50 bits per heavy atom. The van der Waals surface area contributed by atoms with Gasteiger partial charge in [0.1, 0.15) is 6.10 Å². The Hall–Kier alpha value is -1.22. The van der Waals surface area contributed by atoms with Crippen LogP contribution in [0.1, 0.15) is 20.3 Å². The summed E-state index contributed by atoms with van der Waals surface area (Å²) in [4.78, 5) is 4.55. The average molecular weight is 451 g/mol. The molecule has 0 saturated heterocycles. The van der Waals surface area contributed by atoms with Gasteiger partial charge in [-0.05, 0) is 32.4 Å². The maximum absolute atomic E-state index is 5.90. The van der Waals surface area contributed by atoms with Gasteiger partial charge in [-0.25, -0.2) is 4.99 Å². The van der Waals surface area contributed by atoms with Crippen LogP contribution in [0.4, 0.5) is 0 Å². The molecule has 0 aliphatic carbocycles. The van der Waals surface area contributed by atoms with Crippen molar-refractivity contribution in [2.45, 2.75) is 26.4 Å². The monoisotopic (exact) mass is 451 g/mol. The van der Waals surface area contributed by atoms with E-state index in [1.807, 2.05) is 38.1 Å². The molecule has 6 nitrogen and oxygen atoms in total. The van der Waals surface area contributed by atoms with Gasteiger partial charge < -0.3 is 24.8 Å². The highest BCUT2D eigenvalue weighted by molar-refractivity contribution is 14.0. The number of hydrogen-bond donors (Lipinski definition) is 2. The quantitative estimate of drug-likeness (QED) is 0.248. The van der Waals surface area contributed by atoms with Crippen molar-refractivity contribution < 1.29 is 14.2 Å². The standard InChI is InChI=1S/C17H29N3O3.HI/c1-5-18-17(19-11-8-12-21-3)20-13-14(2)23-16-10-7-6-9-15(16)22-4;/h6-7,9-10,14H,5,8,11-13H2,1-4H3,(H2,18,19,20);1H. The van der Waals surface area contributed by atoms with Crippen molar-refractivity contribution >= 4 is 29.9 Å². The Bertz CT molecular complexity index is 472. The summed E-state index contributed by atoms with van der Waals surface area (Å²) in [6.45, 7) is 6.96. The number of guanidine groups is 1. The lowest BCUT2D eigenvalue weighted by atomic mass is 10.3. The molecule has 0 aliphatic rings. The van der Waals surface area contributed by atoms with Crippen LogP contribution in [0, 0.1) is 0 Å². The molecule has 1 aromatic carbocycles. The number of halogens is 1. The van der Waals surface area contributed by atoms with Crippen molar-refractivity contribution in [3.05, 3.63) is 24.3 Å². The summed E-state index contributed by atoms with van der Waals surface area (Å²) in [5, 5.41) is 6.50. The van der Waals surface area contributed by atoms with Crippen LogP contribution >= 0.6 is 24.0 Å². The lowest BCUT2D eigenvalue weighted by Gasteiger charge is -2.16. The molecular weight excluding hydrogens is 421 g/mol. The Kier molecular flexibility index (Phi) is 13.4. The van der Waals surface area contributed by atoms with Crippen LogP contribution in [0.5, 0.6) is 11.5 Å². The van der Waals surface area contributed by atoms with Crippen LogP contribution in [0.3, 0.4) is 0 Å². The van der Waals surface area contributed by atoms with E-state index in [1.165, 1.54) is 0 Å². The SMILES string of the molecule is CCNC(=NCC(C)Oc1ccccc1OC)NCCCOC.I. The zero-order chi connectivity index (χ0) is 16.9. The van der Waals surface area contributed by atoms with Crippen molar-refractivity contribution in [3.8, 4) is 11.5 Å². The molecule has 0 fully saturated rings. The molecule has 1 atom stereocenters. The molecule has 0 aromatic heterocycles. The fraction of sp³-hybridized carbons (Fsp3) is 0.588. The molecular formula is C17H30IN3O3. The number of nitrogens with one attached hydrogen (secondary N) is 2. The van der Waals surface area contributed by atoms with Gasteiger partial charge in [0.2, 0.25) is 0 Å². The van der Waals surface area contributed by atoms with Gasteiger partial charge in [-0.3, -0.25) is 0 Å². The van der Waals surface area contributed by atoms with Gasteiger partial charge in [0.15, 0.2) is 17.5 Å². The van der Waals surface area contributed by atoms with E-state index >= 15 is 0 Å². The summed E-state index contributed by atoms with van der Waals surface area (Å²) in [5.41, 5.74) is 0. The Labute approximate surface area is 162 Å². The summed E-state index contributed by atoms with van der Waals surface area (Å²) < 4.78 is 16.2. The van der Waals surface area contributed by atoms with Crippen LogP contribution in [0.25, 0.3) is 0 Å². The molecule has 0 saturated carbocycles. The number of aliphatic imine (C=N–C) groups is 1. The number of para-hydroxylation sites is 2. The number of methoxy groups -OCH3 is 2. The van der Waals surface area contributed by atoms with Crippen molar-refractivity contribution in [1.29, 1.82) is 0 Å². The van der Waals surface area contributed by atoms with Crippen LogP contribution in [-0.2, 0) is 4.74 Å². The first-order valence-corrected chi connectivity index (χ1v) is 8.02. The molecule has 1 aromatic rings. The first-order chi connectivity index (χ1) is 11.2. The molecule has 24 heavy (non-hydrogen) atoms. The molecule has 0 aliphatic heterocycles. The van der Waals surface area contributed by atoms with Gasteiger partial charge in [0.05, 0.1) is 13.7 Å². The molecule has 0 radical (unpaired) electrons. The van der Waals surface area contributed by atoms with Gasteiger partial charge in [-0.15, -0.1) is 24.0 Å². The third-order valence-corrected chi connectivity index (χ3v) is 3.07. The summed E-state index contributed by atoms with van der Waals surface area (Å²) in [7, 11) is 3.34. The minimum atomic E-state index is -0.0549. The van der Waals surface area contributed by atoms with Crippen molar-refractivity contribution in [3.63, 3.8) is 0 Å². The summed E-state index contributed by atoms with van der Waals surface area (Å²) >= 11 is 0. The van der Waals surface area contributed by atoms with Gasteiger partial charge >= 0.3 is 0 Å². The van der Waals surface area contributed by atoms with E-state index in [1.54, 1.807) is 14.2 Å². The van der Waals surface area contributed by atoms with Crippen LogP contribution < -0.4 is 20.1 Å². The molecule has 0 amide bonds. The lowest BCUT2D eigenvalue weighted by Crippen LogP contribution is -2.38. The van der Waals surface area contributed by atoms with E-state index in [4.69, 9.17) is 14.2 Å². The molecule has 1 rings (SSSR count). The number of rotatable bonds is 10. The second kappa shape index (κ2) is 14.2. The molecule has 0 heterocycles. The second-order valence-corrected chi connectivity index (χ2v) is 5.07. The molecule has 2 N–H and O–H groups in total. The van der Waals surface area contributed by atoms with Gasteiger partial charge in [0, 0.05) is 26.8 Å². The predicted octanol–water partition coefficient (Wildman–Crippen LogP) is 2.67. The van der Waals surface area contributed by atoms with Crippen LogP contribution in [-0.4, -0.2) is 52.5 Å². The molecule has 7 heteroatoms. The highest BCUT2D eigenvalue weighted by Gasteiger charge is 2.08. The van der Waals surface area contributed by atoms with E-state index in [2.05, 4.69) is 15.6 Å². The maximum Gasteiger partial charge on any atom is 0.191 e. The fourth-order valence-corrected chi connectivity index (χ4v) is 1.96. The molecule has 138 valence electrons. The predicted molar refractivity (Wildman–Crippen MR) is 109 cm³/mol. The molecule has 0 spiro atoms. The largest absolute Gasteiger partial charge is 0.493 e. The summed E-state index contributed by atoms with van der Waals surface area (Å²) in [6, 6.07) is 7.62. The number of benzene rings is 1. The lowest BCUT2D eigenvalue weighted by molar-refractivity contribution is 0.195. The topological polar surface area (TPSA) is 64.1 Å². The minimum absolute atomic E-state index is 0. The summed E-state index contributed by atoms with van der Waals surface area (Å²) in [6.07, 6.45) is 0.884. The van der Waals surface area contributed by atoms with E-state index in [0.717, 1.165) is 43.6 Å². The first-order valence-electron chi connectivity index (χ1n) is 8.02. The Morgan fingerprint density at radius 2 is 1.88 bits per heavy atom. The maximum atomic E-state index is 5.90. The Balaban J connectivity index is 0.00000529. The highest BCUT2D eigenvalue weighted by Crippen LogP contribution is 2.26. The smallest absolute Gasteiger partial charge is 0.191 e. The van der Waals surface area contributed by atoms with E-state index in [0.29, 0.717) is 6.54 Å². The van der Waals surface area contributed by atoms with Crippen molar-refractivity contribution in [1.82, 2.24) is 10.6 Å². The average Bonchev–Trinajstić information content (AvgIpc) is 2.57. The zero-order valence-electron chi connectivity index (χ0n) is 15.0. The van der Waals surface area contributed by atoms with Crippen LogP contribution in [0.15, 0.2) is 29.3 Å². The fourth-order valence-electron chi connectivity index (χ4n) is 1.96.